The summed E-state index contributed by atoms with van der Waals surface area (Å²) in [6.07, 6.45) is 7.12. The molecule has 0 fully saturated rings. The highest BCUT2D eigenvalue weighted by atomic mass is 15.1. The number of hydrogen-bond donors (Lipinski definition) is 2. The summed E-state index contributed by atoms with van der Waals surface area (Å²) in [7, 11) is 1.88. The van der Waals surface area contributed by atoms with E-state index in [9.17, 15) is 0 Å². The summed E-state index contributed by atoms with van der Waals surface area (Å²) in [5, 5.41) is 6.48. The predicted octanol–water partition coefficient (Wildman–Crippen LogP) is 1.95. The number of nitrogens with zero attached hydrogens (tertiary/aromatic N) is 4. The summed E-state index contributed by atoms with van der Waals surface area (Å²) in [5.41, 5.74) is 1.12. The number of nitrogens with one attached hydrogen (secondary N) is 2. The number of aromatic nitrogens is 4. The number of imidazole rings is 1. The second kappa shape index (κ2) is 6.17. The number of anilines is 2. The summed E-state index contributed by atoms with van der Waals surface area (Å²) < 4.78 is 2.03. The van der Waals surface area contributed by atoms with Crippen molar-refractivity contribution in [2.45, 2.75) is 26.3 Å². The van der Waals surface area contributed by atoms with Crippen molar-refractivity contribution < 1.29 is 0 Å². The smallest absolute Gasteiger partial charge is 0.135 e. The molecule has 19 heavy (non-hydrogen) atoms. The minimum Gasteiger partial charge on any atom is -0.373 e. The molecule has 2 aromatic heterocycles. The molecule has 0 radical (unpaired) electrons. The quantitative estimate of drug-likeness (QED) is 0.831. The molecule has 6 heteroatoms. The normalized spacial score (nSPS) is 10.7. The Bertz CT molecular complexity index is 506. The van der Waals surface area contributed by atoms with Crippen LogP contribution in [-0.2, 0) is 6.54 Å². The largest absolute Gasteiger partial charge is 0.373 e. The Morgan fingerprint density at radius 1 is 1.26 bits per heavy atom. The lowest BCUT2D eigenvalue weighted by Crippen LogP contribution is -2.14. The molecule has 0 amide bonds. The molecule has 2 N–H and O–H groups in total. The molecular weight excluding hydrogens is 240 g/mol. The fraction of sp³-hybridized carbons (Fsp3) is 0.462. The van der Waals surface area contributed by atoms with Crippen LogP contribution in [0, 0.1) is 0 Å². The fourth-order valence-corrected chi connectivity index (χ4v) is 2.00. The van der Waals surface area contributed by atoms with Gasteiger partial charge in [-0.2, -0.15) is 0 Å². The average Bonchev–Trinajstić information content (AvgIpc) is 2.91. The van der Waals surface area contributed by atoms with Gasteiger partial charge in [-0.3, -0.25) is 0 Å². The standard InChI is InChI=1S/C13H20N6/c1-10(2)11-12(14-3)17-8-18-13(11)16-5-7-19-6-4-15-9-19/h4,6,8-10H,5,7H2,1-3H3,(H2,14,16,17,18). The summed E-state index contributed by atoms with van der Waals surface area (Å²) >= 11 is 0. The van der Waals surface area contributed by atoms with Gasteiger partial charge in [0.1, 0.15) is 18.0 Å². The van der Waals surface area contributed by atoms with Crippen LogP contribution in [0.2, 0.25) is 0 Å². The zero-order chi connectivity index (χ0) is 13.7. The lowest BCUT2D eigenvalue weighted by molar-refractivity contribution is 0.722. The van der Waals surface area contributed by atoms with Crippen molar-refractivity contribution in [2.75, 3.05) is 24.2 Å². The molecule has 0 atom stereocenters. The molecule has 0 aromatic carbocycles. The molecule has 0 bridgehead atoms. The van der Waals surface area contributed by atoms with E-state index in [4.69, 9.17) is 0 Å². The van der Waals surface area contributed by atoms with E-state index in [0.29, 0.717) is 5.92 Å². The van der Waals surface area contributed by atoms with E-state index in [2.05, 4.69) is 39.4 Å². The van der Waals surface area contributed by atoms with Crippen molar-refractivity contribution in [3.63, 3.8) is 0 Å². The van der Waals surface area contributed by atoms with Gasteiger partial charge in [0.15, 0.2) is 0 Å². The van der Waals surface area contributed by atoms with Gasteiger partial charge in [-0.1, -0.05) is 13.8 Å². The predicted molar refractivity (Wildman–Crippen MR) is 76.4 cm³/mol. The van der Waals surface area contributed by atoms with Crippen LogP contribution < -0.4 is 10.6 Å². The highest BCUT2D eigenvalue weighted by Crippen LogP contribution is 2.27. The van der Waals surface area contributed by atoms with E-state index < -0.39 is 0 Å². The zero-order valence-corrected chi connectivity index (χ0v) is 11.6. The highest BCUT2D eigenvalue weighted by molar-refractivity contribution is 5.58. The lowest BCUT2D eigenvalue weighted by atomic mass is 10.0. The minimum atomic E-state index is 0.361. The first-order valence-corrected chi connectivity index (χ1v) is 6.44. The van der Waals surface area contributed by atoms with E-state index in [-0.39, 0.29) is 0 Å². The Hall–Kier alpha value is -2.11. The van der Waals surface area contributed by atoms with E-state index >= 15 is 0 Å². The van der Waals surface area contributed by atoms with Gasteiger partial charge in [-0.15, -0.1) is 0 Å². The van der Waals surface area contributed by atoms with Gasteiger partial charge >= 0.3 is 0 Å². The van der Waals surface area contributed by atoms with Gasteiger partial charge in [0.2, 0.25) is 0 Å². The Kier molecular flexibility index (Phi) is 4.33. The summed E-state index contributed by atoms with van der Waals surface area (Å²) in [5.74, 6) is 2.14. The molecule has 0 aliphatic carbocycles. The van der Waals surface area contributed by atoms with Crippen LogP contribution in [0.3, 0.4) is 0 Å². The molecule has 0 saturated carbocycles. The minimum absolute atomic E-state index is 0.361. The molecule has 6 nitrogen and oxygen atoms in total. The third-order valence-electron chi connectivity index (χ3n) is 2.92. The summed E-state index contributed by atoms with van der Waals surface area (Å²) in [6, 6.07) is 0. The van der Waals surface area contributed by atoms with Crippen LogP contribution in [0.25, 0.3) is 0 Å². The van der Waals surface area contributed by atoms with Crippen LogP contribution in [0.1, 0.15) is 25.3 Å². The Balaban J connectivity index is 2.07. The topological polar surface area (TPSA) is 67.7 Å². The Labute approximate surface area is 113 Å². The van der Waals surface area contributed by atoms with Gasteiger partial charge in [0.05, 0.1) is 6.33 Å². The Morgan fingerprint density at radius 2 is 2.05 bits per heavy atom. The fourth-order valence-electron chi connectivity index (χ4n) is 2.00. The second-order valence-electron chi connectivity index (χ2n) is 4.62. The third kappa shape index (κ3) is 3.21. The zero-order valence-electron chi connectivity index (χ0n) is 11.6. The maximum atomic E-state index is 4.34. The van der Waals surface area contributed by atoms with E-state index in [1.807, 2.05) is 24.1 Å². The highest BCUT2D eigenvalue weighted by Gasteiger charge is 2.13. The maximum Gasteiger partial charge on any atom is 0.135 e. The monoisotopic (exact) mass is 260 g/mol. The van der Waals surface area contributed by atoms with Crippen molar-refractivity contribution in [3.05, 3.63) is 30.6 Å². The Morgan fingerprint density at radius 3 is 2.68 bits per heavy atom. The molecule has 2 aromatic rings. The van der Waals surface area contributed by atoms with E-state index in [1.54, 1.807) is 12.5 Å². The molecule has 0 saturated heterocycles. The van der Waals surface area contributed by atoms with Crippen molar-refractivity contribution >= 4 is 11.6 Å². The van der Waals surface area contributed by atoms with E-state index in [1.165, 1.54) is 0 Å². The summed E-state index contributed by atoms with van der Waals surface area (Å²) in [4.78, 5) is 12.6. The van der Waals surface area contributed by atoms with Gasteiger partial charge in [0.25, 0.3) is 0 Å². The van der Waals surface area contributed by atoms with Crippen LogP contribution >= 0.6 is 0 Å². The van der Waals surface area contributed by atoms with Crippen LogP contribution in [-0.4, -0.2) is 33.1 Å². The molecular formula is C13H20N6. The average molecular weight is 260 g/mol. The van der Waals surface area contributed by atoms with Crippen molar-refractivity contribution in [2.24, 2.45) is 0 Å². The SMILES string of the molecule is CNc1ncnc(NCCn2ccnc2)c1C(C)C. The first-order chi connectivity index (χ1) is 9.22. The molecule has 0 aliphatic rings. The van der Waals surface area contributed by atoms with Crippen LogP contribution in [0.4, 0.5) is 11.6 Å². The first-order valence-electron chi connectivity index (χ1n) is 6.44. The first kappa shape index (κ1) is 13.3. The third-order valence-corrected chi connectivity index (χ3v) is 2.92. The van der Waals surface area contributed by atoms with Crippen LogP contribution in [0.15, 0.2) is 25.0 Å². The van der Waals surface area contributed by atoms with Crippen molar-refractivity contribution in [3.8, 4) is 0 Å². The van der Waals surface area contributed by atoms with Crippen molar-refractivity contribution in [1.82, 2.24) is 19.5 Å². The molecule has 102 valence electrons. The van der Waals surface area contributed by atoms with Crippen molar-refractivity contribution in [1.29, 1.82) is 0 Å². The molecule has 0 spiro atoms. The molecule has 2 heterocycles. The van der Waals surface area contributed by atoms with Crippen LogP contribution in [0.5, 0.6) is 0 Å². The molecule has 2 rings (SSSR count). The molecule has 0 unspecified atom stereocenters. The van der Waals surface area contributed by atoms with E-state index in [0.717, 1.165) is 30.3 Å². The number of hydrogen-bond acceptors (Lipinski definition) is 5. The van der Waals surface area contributed by atoms with Gasteiger partial charge < -0.3 is 15.2 Å². The summed E-state index contributed by atoms with van der Waals surface area (Å²) in [6.45, 7) is 5.94. The lowest BCUT2D eigenvalue weighted by Gasteiger charge is -2.16. The van der Waals surface area contributed by atoms with Gasteiger partial charge in [-0.05, 0) is 5.92 Å². The van der Waals surface area contributed by atoms with Gasteiger partial charge in [-0.25, -0.2) is 15.0 Å². The second-order valence-corrected chi connectivity index (χ2v) is 4.62. The van der Waals surface area contributed by atoms with Gasteiger partial charge in [0, 0.05) is 38.1 Å². The molecule has 0 aliphatic heterocycles. The number of rotatable bonds is 6. The maximum absolute atomic E-state index is 4.34.